The SMILES string of the molecule is COc1ccc(NC(=O)CSc2nnc(-c3ccncc3)n2Cc2ccco2)cc1Cl. The van der Waals surface area contributed by atoms with Crippen LogP contribution in [-0.4, -0.2) is 38.5 Å². The minimum absolute atomic E-state index is 0.149. The number of rotatable bonds is 8. The standard InChI is InChI=1S/C21H18ClN5O3S/c1-29-18-5-4-15(11-17(18)22)24-19(28)13-31-21-26-25-20(14-6-8-23-9-7-14)27(21)12-16-3-2-10-30-16/h2-11H,12-13H2,1H3,(H,24,28). The summed E-state index contributed by atoms with van der Waals surface area (Å²) in [5.74, 6) is 1.93. The molecule has 0 aliphatic heterocycles. The van der Waals surface area contributed by atoms with E-state index in [1.807, 2.05) is 28.8 Å². The molecule has 8 nitrogen and oxygen atoms in total. The normalized spacial score (nSPS) is 10.8. The third kappa shape index (κ3) is 5.07. The van der Waals surface area contributed by atoms with E-state index in [9.17, 15) is 4.79 Å². The maximum absolute atomic E-state index is 12.5. The summed E-state index contributed by atoms with van der Waals surface area (Å²) in [6, 6.07) is 12.5. The number of amides is 1. The topological polar surface area (TPSA) is 95.1 Å². The van der Waals surface area contributed by atoms with Crippen LogP contribution >= 0.6 is 23.4 Å². The molecule has 158 valence electrons. The van der Waals surface area contributed by atoms with E-state index in [4.69, 9.17) is 20.8 Å². The Morgan fingerprint density at radius 3 is 2.77 bits per heavy atom. The summed E-state index contributed by atoms with van der Waals surface area (Å²) >= 11 is 7.40. The van der Waals surface area contributed by atoms with Crippen molar-refractivity contribution in [3.05, 3.63) is 71.9 Å². The molecule has 0 spiro atoms. The fourth-order valence-electron chi connectivity index (χ4n) is 2.88. The highest BCUT2D eigenvalue weighted by Gasteiger charge is 2.17. The average Bonchev–Trinajstić information content (AvgIpc) is 3.43. The third-order valence-electron chi connectivity index (χ3n) is 4.32. The lowest BCUT2D eigenvalue weighted by atomic mass is 10.2. The number of methoxy groups -OCH3 is 1. The summed E-state index contributed by atoms with van der Waals surface area (Å²) in [6.45, 7) is 0.440. The number of halogens is 1. The lowest BCUT2D eigenvalue weighted by Gasteiger charge is -2.10. The molecule has 0 aliphatic rings. The van der Waals surface area contributed by atoms with E-state index in [0.29, 0.717) is 34.0 Å². The van der Waals surface area contributed by atoms with Gasteiger partial charge in [-0.1, -0.05) is 23.4 Å². The number of pyridine rings is 1. The van der Waals surface area contributed by atoms with Crippen molar-refractivity contribution in [1.82, 2.24) is 19.7 Å². The fraction of sp³-hybridized carbons (Fsp3) is 0.143. The van der Waals surface area contributed by atoms with Crippen LogP contribution in [0.15, 0.2) is 70.7 Å². The van der Waals surface area contributed by atoms with E-state index in [0.717, 1.165) is 11.3 Å². The molecule has 0 fully saturated rings. The predicted molar refractivity (Wildman–Crippen MR) is 118 cm³/mol. The molecule has 3 heterocycles. The van der Waals surface area contributed by atoms with Gasteiger partial charge < -0.3 is 14.5 Å². The van der Waals surface area contributed by atoms with Crippen molar-refractivity contribution in [3.8, 4) is 17.1 Å². The first-order valence-corrected chi connectivity index (χ1v) is 10.6. The van der Waals surface area contributed by atoms with Crippen LogP contribution in [0.1, 0.15) is 5.76 Å². The summed E-state index contributed by atoms with van der Waals surface area (Å²) < 4.78 is 12.5. The Morgan fingerprint density at radius 1 is 1.23 bits per heavy atom. The molecule has 31 heavy (non-hydrogen) atoms. The van der Waals surface area contributed by atoms with Gasteiger partial charge in [-0.15, -0.1) is 10.2 Å². The number of hydrogen-bond acceptors (Lipinski definition) is 7. The van der Waals surface area contributed by atoms with E-state index in [2.05, 4.69) is 20.5 Å². The highest BCUT2D eigenvalue weighted by molar-refractivity contribution is 7.99. The Kier molecular flexibility index (Phi) is 6.54. The number of nitrogens with one attached hydrogen (secondary N) is 1. The first-order valence-electron chi connectivity index (χ1n) is 9.26. The molecule has 0 saturated carbocycles. The van der Waals surface area contributed by atoms with Gasteiger partial charge in [-0.25, -0.2) is 0 Å². The third-order valence-corrected chi connectivity index (χ3v) is 5.58. The first kappa shape index (κ1) is 21.0. The number of carbonyl (C=O) groups excluding carboxylic acids is 1. The zero-order chi connectivity index (χ0) is 21.6. The number of benzene rings is 1. The zero-order valence-electron chi connectivity index (χ0n) is 16.5. The van der Waals surface area contributed by atoms with Gasteiger partial charge in [0.1, 0.15) is 11.5 Å². The molecule has 1 amide bonds. The van der Waals surface area contributed by atoms with E-state index >= 15 is 0 Å². The zero-order valence-corrected chi connectivity index (χ0v) is 18.1. The van der Waals surface area contributed by atoms with Crippen LogP contribution in [0.25, 0.3) is 11.4 Å². The number of ether oxygens (including phenoxy) is 1. The van der Waals surface area contributed by atoms with Crippen molar-refractivity contribution >= 4 is 35.0 Å². The molecule has 0 aliphatic carbocycles. The molecule has 1 aromatic carbocycles. The van der Waals surface area contributed by atoms with Gasteiger partial charge in [0.2, 0.25) is 5.91 Å². The first-order chi connectivity index (χ1) is 15.1. The highest BCUT2D eigenvalue weighted by Crippen LogP contribution is 2.28. The molecule has 4 aromatic rings. The van der Waals surface area contributed by atoms with Gasteiger partial charge in [0.25, 0.3) is 0 Å². The number of carbonyl (C=O) groups is 1. The quantitative estimate of drug-likeness (QED) is 0.394. The van der Waals surface area contributed by atoms with Crippen LogP contribution in [0.4, 0.5) is 5.69 Å². The summed E-state index contributed by atoms with van der Waals surface area (Å²) in [7, 11) is 1.54. The second kappa shape index (κ2) is 9.67. The van der Waals surface area contributed by atoms with Crippen molar-refractivity contribution in [2.45, 2.75) is 11.7 Å². The van der Waals surface area contributed by atoms with Crippen molar-refractivity contribution < 1.29 is 13.9 Å². The van der Waals surface area contributed by atoms with Gasteiger partial charge in [-0.2, -0.15) is 0 Å². The molecule has 0 bridgehead atoms. The van der Waals surface area contributed by atoms with Gasteiger partial charge in [-0.3, -0.25) is 14.3 Å². The lowest BCUT2D eigenvalue weighted by molar-refractivity contribution is -0.113. The smallest absolute Gasteiger partial charge is 0.234 e. The van der Waals surface area contributed by atoms with Gasteiger partial charge in [0.15, 0.2) is 11.0 Å². The van der Waals surface area contributed by atoms with Crippen molar-refractivity contribution in [2.75, 3.05) is 18.2 Å². The minimum Gasteiger partial charge on any atom is -0.495 e. The average molecular weight is 456 g/mol. The van der Waals surface area contributed by atoms with Crippen LogP contribution in [0.3, 0.4) is 0 Å². The van der Waals surface area contributed by atoms with Crippen LogP contribution < -0.4 is 10.1 Å². The molecule has 0 unspecified atom stereocenters. The molecule has 0 atom stereocenters. The second-order valence-corrected chi connectivity index (χ2v) is 7.74. The monoisotopic (exact) mass is 455 g/mol. The molecule has 1 N–H and O–H groups in total. The van der Waals surface area contributed by atoms with Gasteiger partial charge in [-0.05, 0) is 42.5 Å². The Balaban J connectivity index is 1.49. The summed E-state index contributed by atoms with van der Waals surface area (Å²) in [6.07, 6.45) is 5.01. The largest absolute Gasteiger partial charge is 0.495 e. The van der Waals surface area contributed by atoms with E-state index in [1.54, 1.807) is 36.9 Å². The molecule has 3 aromatic heterocycles. The van der Waals surface area contributed by atoms with Crippen molar-refractivity contribution in [1.29, 1.82) is 0 Å². The Hall–Kier alpha value is -3.30. The van der Waals surface area contributed by atoms with Gasteiger partial charge in [0, 0.05) is 23.6 Å². The molecular formula is C21H18ClN5O3S. The second-order valence-electron chi connectivity index (χ2n) is 6.39. The number of hydrogen-bond donors (Lipinski definition) is 1. The molecule has 4 rings (SSSR count). The molecule has 0 radical (unpaired) electrons. The lowest BCUT2D eigenvalue weighted by Crippen LogP contribution is -2.15. The van der Waals surface area contributed by atoms with Crippen LogP contribution in [-0.2, 0) is 11.3 Å². The van der Waals surface area contributed by atoms with E-state index < -0.39 is 0 Å². The van der Waals surface area contributed by atoms with Crippen LogP contribution in [0.5, 0.6) is 5.75 Å². The summed E-state index contributed by atoms with van der Waals surface area (Å²) in [5.41, 5.74) is 1.46. The summed E-state index contributed by atoms with van der Waals surface area (Å²) in [5, 5.41) is 12.5. The Bertz CT molecular complexity index is 1170. The number of nitrogens with zero attached hydrogens (tertiary/aromatic N) is 4. The number of furan rings is 1. The van der Waals surface area contributed by atoms with E-state index in [1.165, 1.54) is 18.9 Å². The maximum atomic E-state index is 12.5. The predicted octanol–water partition coefficient (Wildman–Crippen LogP) is 4.37. The highest BCUT2D eigenvalue weighted by atomic mass is 35.5. The maximum Gasteiger partial charge on any atom is 0.234 e. The number of anilines is 1. The molecule has 0 saturated heterocycles. The number of thioether (sulfide) groups is 1. The van der Waals surface area contributed by atoms with Crippen molar-refractivity contribution in [2.24, 2.45) is 0 Å². The summed E-state index contributed by atoms with van der Waals surface area (Å²) in [4.78, 5) is 16.5. The van der Waals surface area contributed by atoms with E-state index in [-0.39, 0.29) is 11.7 Å². The molecule has 10 heteroatoms. The Labute approximate surface area is 187 Å². The van der Waals surface area contributed by atoms with Gasteiger partial charge in [0.05, 0.1) is 30.7 Å². The minimum atomic E-state index is -0.191. The van der Waals surface area contributed by atoms with Gasteiger partial charge >= 0.3 is 0 Å². The fourth-order valence-corrected chi connectivity index (χ4v) is 3.88. The van der Waals surface area contributed by atoms with Crippen LogP contribution in [0, 0.1) is 0 Å². The van der Waals surface area contributed by atoms with Crippen molar-refractivity contribution in [3.63, 3.8) is 0 Å². The number of aromatic nitrogens is 4. The molecular weight excluding hydrogens is 438 g/mol. The van der Waals surface area contributed by atoms with Crippen LogP contribution in [0.2, 0.25) is 5.02 Å². The Morgan fingerprint density at radius 2 is 2.06 bits per heavy atom.